The standard InChI is InChI=1S/C12H15BrCl2O/c1-2-6-16-12-9(4-3-5-13)7-10(14)8-11(12)15/h7-8H,2-6H2,1H3. The molecule has 0 N–H and O–H groups in total. The Labute approximate surface area is 115 Å². The average Bonchev–Trinajstić information content (AvgIpc) is 2.24. The van der Waals surface area contributed by atoms with Gasteiger partial charge in [-0.3, -0.25) is 0 Å². The Bertz CT molecular complexity index is 342. The number of benzene rings is 1. The van der Waals surface area contributed by atoms with E-state index in [1.807, 2.05) is 6.07 Å². The predicted octanol–water partition coefficient (Wildman–Crippen LogP) is 5.11. The zero-order chi connectivity index (χ0) is 12.0. The van der Waals surface area contributed by atoms with Crippen LogP contribution >= 0.6 is 39.1 Å². The number of hydrogen-bond acceptors (Lipinski definition) is 1. The summed E-state index contributed by atoms with van der Waals surface area (Å²) in [7, 11) is 0. The van der Waals surface area contributed by atoms with Crippen LogP contribution in [0.5, 0.6) is 5.75 Å². The van der Waals surface area contributed by atoms with Crippen LogP contribution in [0.2, 0.25) is 10.0 Å². The molecule has 0 heterocycles. The molecule has 0 aliphatic carbocycles. The molecule has 0 unspecified atom stereocenters. The molecular weight excluding hydrogens is 311 g/mol. The maximum atomic E-state index is 6.13. The van der Waals surface area contributed by atoms with Gasteiger partial charge in [0.25, 0.3) is 0 Å². The molecule has 0 saturated heterocycles. The van der Waals surface area contributed by atoms with Gasteiger partial charge in [-0.25, -0.2) is 0 Å². The van der Waals surface area contributed by atoms with Crippen molar-refractivity contribution in [3.8, 4) is 5.75 Å². The second-order valence-corrected chi connectivity index (χ2v) is 5.15. The summed E-state index contributed by atoms with van der Waals surface area (Å²) in [6.45, 7) is 2.75. The first kappa shape index (κ1) is 14.1. The lowest BCUT2D eigenvalue weighted by atomic mass is 10.1. The molecule has 0 aliphatic rings. The van der Waals surface area contributed by atoms with E-state index in [2.05, 4.69) is 22.9 Å². The minimum atomic E-state index is 0.602. The van der Waals surface area contributed by atoms with Gasteiger partial charge in [-0.05, 0) is 37.0 Å². The maximum Gasteiger partial charge on any atom is 0.141 e. The molecule has 4 heteroatoms. The van der Waals surface area contributed by atoms with Crippen molar-refractivity contribution in [3.63, 3.8) is 0 Å². The Morgan fingerprint density at radius 3 is 2.69 bits per heavy atom. The molecule has 0 saturated carbocycles. The zero-order valence-electron chi connectivity index (χ0n) is 9.23. The Hall–Kier alpha value is 0.0800. The lowest BCUT2D eigenvalue weighted by Gasteiger charge is -2.13. The third kappa shape index (κ3) is 4.15. The van der Waals surface area contributed by atoms with Crippen molar-refractivity contribution in [1.29, 1.82) is 0 Å². The second kappa shape index (κ2) is 7.41. The van der Waals surface area contributed by atoms with E-state index in [1.54, 1.807) is 6.07 Å². The fourth-order valence-corrected chi connectivity index (χ4v) is 2.29. The molecule has 90 valence electrons. The first-order valence-corrected chi connectivity index (χ1v) is 7.23. The number of halogens is 3. The molecule has 1 rings (SSSR count). The van der Waals surface area contributed by atoms with Gasteiger partial charge in [0.05, 0.1) is 11.6 Å². The Morgan fingerprint density at radius 2 is 2.06 bits per heavy atom. The van der Waals surface area contributed by atoms with Gasteiger partial charge in [0, 0.05) is 10.4 Å². The molecule has 1 aromatic rings. The Morgan fingerprint density at radius 1 is 1.31 bits per heavy atom. The smallest absolute Gasteiger partial charge is 0.141 e. The largest absolute Gasteiger partial charge is 0.492 e. The van der Waals surface area contributed by atoms with Crippen molar-refractivity contribution in [1.82, 2.24) is 0 Å². The van der Waals surface area contributed by atoms with Crippen molar-refractivity contribution in [2.24, 2.45) is 0 Å². The van der Waals surface area contributed by atoms with Crippen LogP contribution in [-0.4, -0.2) is 11.9 Å². The third-order valence-corrected chi connectivity index (χ3v) is 3.18. The summed E-state index contributed by atoms with van der Waals surface area (Å²) >= 11 is 15.5. The molecule has 1 nitrogen and oxygen atoms in total. The van der Waals surface area contributed by atoms with Crippen LogP contribution in [-0.2, 0) is 6.42 Å². The van der Waals surface area contributed by atoms with Gasteiger partial charge in [-0.2, -0.15) is 0 Å². The SMILES string of the molecule is CCCOc1c(Cl)cc(Cl)cc1CCCBr. The van der Waals surface area contributed by atoms with E-state index in [9.17, 15) is 0 Å². The van der Waals surface area contributed by atoms with E-state index in [-0.39, 0.29) is 0 Å². The molecule has 0 spiro atoms. The highest BCUT2D eigenvalue weighted by atomic mass is 79.9. The molecule has 0 aliphatic heterocycles. The van der Waals surface area contributed by atoms with E-state index in [0.717, 1.165) is 35.9 Å². The van der Waals surface area contributed by atoms with Crippen molar-refractivity contribution >= 4 is 39.1 Å². The van der Waals surface area contributed by atoms with Gasteiger partial charge in [0.1, 0.15) is 5.75 Å². The van der Waals surface area contributed by atoms with Gasteiger partial charge < -0.3 is 4.74 Å². The molecule has 0 amide bonds. The summed E-state index contributed by atoms with van der Waals surface area (Å²) < 4.78 is 5.66. The van der Waals surface area contributed by atoms with Crippen molar-refractivity contribution in [2.75, 3.05) is 11.9 Å². The van der Waals surface area contributed by atoms with E-state index >= 15 is 0 Å². The second-order valence-electron chi connectivity index (χ2n) is 3.52. The van der Waals surface area contributed by atoms with E-state index in [4.69, 9.17) is 27.9 Å². The number of aryl methyl sites for hydroxylation is 1. The molecule has 0 atom stereocenters. The quantitative estimate of drug-likeness (QED) is 0.660. The summed E-state index contributed by atoms with van der Waals surface area (Å²) in [6, 6.07) is 3.66. The highest BCUT2D eigenvalue weighted by Crippen LogP contribution is 2.33. The predicted molar refractivity (Wildman–Crippen MR) is 74.4 cm³/mol. The van der Waals surface area contributed by atoms with Crippen molar-refractivity contribution < 1.29 is 4.74 Å². The summed E-state index contributed by atoms with van der Waals surface area (Å²) in [4.78, 5) is 0. The fraction of sp³-hybridized carbons (Fsp3) is 0.500. The molecule has 0 fully saturated rings. The highest BCUT2D eigenvalue weighted by molar-refractivity contribution is 9.09. The van der Waals surface area contributed by atoms with Crippen LogP contribution in [0.1, 0.15) is 25.3 Å². The maximum absolute atomic E-state index is 6.13. The number of ether oxygens (including phenoxy) is 1. The lowest BCUT2D eigenvalue weighted by molar-refractivity contribution is 0.314. The Balaban J connectivity index is 2.91. The van der Waals surface area contributed by atoms with Crippen LogP contribution in [0, 0.1) is 0 Å². The van der Waals surface area contributed by atoms with Gasteiger partial charge >= 0.3 is 0 Å². The van der Waals surface area contributed by atoms with Crippen LogP contribution in [0.15, 0.2) is 12.1 Å². The number of alkyl halides is 1. The van der Waals surface area contributed by atoms with Crippen molar-refractivity contribution in [2.45, 2.75) is 26.2 Å². The summed E-state index contributed by atoms with van der Waals surface area (Å²) in [6.07, 6.45) is 2.93. The summed E-state index contributed by atoms with van der Waals surface area (Å²) in [5, 5.41) is 2.23. The fourth-order valence-electron chi connectivity index (χ4n) is 1.42. The molecule has 0 aromatic heterocycles. The van der Waals surface area contributed by atoms with E-state index in [0.29, 0.717) is 16.7 Å². The zero-order valence-corrected chi connectivity index (χ0v) is 12.3. The summed E-state index contributed by atoms with van der Waals surface area (Å²) in [5.74, 6) is 0.786. The topological polar surface area (TPSA) is 9.23 Å². The van der Waals surface area contributed by atoms with Gasteiger partial charge in [-0.15, -0.1) is 0 Å². The molecule has 0 bridgehead atoms. The van der Waals surface area contributed by atoms with Gasteiger partial charge in [-0.1, -0.05) is 46.1 Å². The number of rotatable bonds is 6. The molecule has 16 heavy (non-hydrogen) atoms. The number of hydrogen-bond donors (Lipinski definition) is 0. The minimum Gasteiger partial charge on any atom is -0.492 e. The van der Waals surface area contributed by atoms with Crippen LogP contribution in [0.25, 0.3) is 0 Å². The van der Waals surface area contributed by atoms with Crippen molar-refractivity contribution in [3.05, 3.63) is 27.7 Å². The highest BCUT2D eigenvalue weighted by Gasteiger charge is 2.10. The summed E-state index contributed by atoms with van der Waals surface area (Å²) in [5.41, 5.74) is 1.09. The van der Waals surface area contributed by atoms with E-state index < -0.39 is 0 Å². The minimum absolute atomic E-state index is 0.602. The Kier molecular flexibility index (Phi) is 6.55. The monoisotopic (exact) mass is 324 g/mol. The van der Waals surface area contributed by atoms with Gasteiger partial charge in [0.2, 0.25) is 0 Å². The van der Waals surface area contributed by atoms with Crippen LogP contribution in [0.3, 0.4) is 0 Å². The first-order chi connectivity index (χ1) is 7.69. The first-order valence-electron chi connectivity index (χ1n) is 5.35. The van der Waals surface area contributed by atoms with Crippen LogP contribution < -0.4 is 4.74 Å². The van der Waals surface area contributed by atoms with Crippen LogP contribution in [0.4, 0.5) is 0 Å². The molecule has 1 aromatic carbocycles. The molecule has 0 radical (unpaired) electrons. The van der Waals surface area contributed by atoms with E-state index in [1.165, 1.54) is 0 Å². The third-order valence-electron chi connectivity index (χ3n) is 2.12. The molecular formula is C12H15BrCl2O. The van der Waals surface area contributed by atoms with Gasteiger partial charge in [0.15, 0.2) is 0 Å². The average molecular weight is 326 g/mol. The normalized spacial score (nSPS) is 10.5. The lowest BCUT2D eigenvalue weighted by Crippen LogP contribution is -2.00.